The average molecular weight is 325 g/mol. The lowest BCUT2D eigenvalue weighted by molar-refractivity contribution is 0.250. The van der Waals surface area contributed by atoms with Crippen molar-refractivity contribution in [3.8, 4) is 5.69 Å². The molecule has 3 aromatic rings. The Morgan fingerprint density at radius 1 is 1.00 bits per heavy atom. The summed E-state index contributed by atoms with van der Waals surface area (Å²) < 4.78 is 1.89. The highest BCUT2D eigenvalue weighted by Gasteiger charge is 2.18. The molecule has 1 aliphatic rings. The van der Waals surface area contributed by atoms with Crippen LogP contribution in [0.2, 0.25) is 0 Å². The van der Waals surface area contributed by atoms with Crippen LogP contribution in [0.15, 0.2) is 54.3 Å². The van der Waals surface area contributed by atoms with Crippen molar-refractivity contribution in [2.75, 3.05) is 31.1 Å². The van der Waals surface area contributed by atoms with Crippen molar-refractivity contribution < 1.29 is 0 Å². The van der Waals surface area contributed by atoms with Gasteiger partial charge in [-0.25, -0.2) is 9.67 Å². The van der Waals surface area contributed by atoms with E-state index in [1.807, 2.05) is 28.5 Å². The lowest BCUT2D eigenvalue weighted by Crippen LogP contribution is -2.45. The number of nitrogens with zero attached hydrogens (tertiary/aromatic N) is 5. The topological polar surface area (TPSA) is 37.2 Å². The molecule has 0 bridgehead atoms. The maximum Gasteiger partial charge on any atom is 0.185 e. The predicted molar refractivity (Wildman–Crippen MR) is 93.2 cm³/mol. The van der Waals surface area contributed by atoms with Gasteiger partial charge in [-0.2, -0.15) is 5.10 Å². The summed E-state index contributed by atoms with van der Waals surface area (Å²) in [5.74, 6) is 0. The third kappa shape index (κ3) is 3.28. The van der Waals surface area contributed by atoms with Crippen LogP contribution in [0, 0.1) is 0 Å². The molecule has 1 fully saturated rings. The highest BCUT2D eigenvalue weighted by atomic mass is 32.1. The zero-order valence-electron chi connectivity index (χ0n) is 12.9. The Hall–Kier alpha value is -2.18. The molecule has 0 unspecified atom stereocenters. The number of hydrogen-bond acceptors (Lipinski definition) is 5. The molecule has 0 radical (unpaired) electrons. The predicted octanol–water partition coefficient (Wildman–Crippen LogP) is 2.65. The van der Waals surface area contributed by atoms with E-state index in [-0.39, 0.29) is 0 Å². The summed E-state index contributed by atoms with van der Waals surface area (Å²) in [5, 5.41) is 7.45. The molecule has 1 saturated heterocycles. The number of thiazole rings is 1. The summed E-state index contributed by atoms with van der Waals surface area (Å²) in [5.41, 5.74) is 2.45. The molecular formula is C17H19N5S. The molecule has 0 N–H and O–H groups in total. The standard InChI is InChI=1S/C17H19N5S/c1-6-19-22(8-1)16-4-2-15(3-5-16)14-20-9-11-21(12-10-20)17-18-7-13-23-17/h1-8,13H,9-12,14H2. The van der Waals surface area contributed by atoms with Crippen molar-refractivity contribution in [2.45, 2.75) is 6.54 Å². The summed E-state index contributed by atoms with van der Waals surface area (Å²) >= 11 is 1.72. The monoisotopic (exact) mass is 325 g/mol. The molecule has 1 aliphatic heterocycles. The quantitative estimate of drug-likeness (QED) is 0.739. The van der Waals surface area contributed by atoms with Gasteiger partial charge < -0.3 is 4.90 Å². The van der Waals surface area contributed by atoms with E-state index in [1.54, 1.807) is 17.5 Å². The van der Waals surface area contributed by atoms with E-state index < -0.39 is 0 Å². The highest BCUT2D eigenvalue weighted by molar-refractivity contribution is 7.13. The number of hydrogen-bond donors (Lipinski definition) is 0. The van der Waals surface area contributed by atoms with Crippen LogP contribution in [0.25, 0.3) is 5.69 Å². The summed E-state index contributed by atoms with van der Waals surface area (Å²) in [6.45, 7) is 5.28. The smallest absolute Gasteiger partial charge is 0.185 e. The Morgan fingerprint density at radius 2 is 1.83 bits per heavy atom. The van der Waals surface area contributed by atoms with Gasteiger partial charge in [-0.05, 0) is 23.8 Å². The zero-order chi connectivity index (χ0) is 15.5. The van der Waals surface area contributed by atoms with Crippen LogP contribution in [0.1, 0.15) is 5.56 Å². The Kier molecular flexibility index (Phi) is 4.08. The van der Waals surface area contributed by atoms with Crippen LogP contribution >= 0.6 is 11.3 Å². The number of piperazine rings is 1. The molecule has 4 rings (SSSR count). The molecule has 1 aromatic carbocycles. The first-order valence-corrected chi connectivity index (χ1v) is 8.72. The van der Waals surface area contributed by atoms with E-state index in [9.17, 15) is 0 Å². The molecule has 3 heterocycles. The molecule has 118 valence electrons. The number of aromatic nitrogens is 3. The molecule has 23 heavy (non-hydrogen) atoms. The fourth-order valence-electron chi connectivity index (χ4n) is 2.90. The minimum Gasteiger partial charge on any atom is -0.346 e. The maximum absolute atomic E-state index is 4.40. The summed E-state index contributed by atoms with van der Waals surface area (Å²) in [4.78, 5) is 9.28. The van der Waals surface area contributed by atoms with Gasteiger partial charge >= 0.3 is 0 Å². The molecule has 0 atom stereocenters. The van der Waals surface area contributed by atoms with Gasteiger partial charge in [-0.3, -0.25) is 4.90 Å². The minimum absolute atomic E-state index is 1.01. The fraction of sp³-hybridized carbons (Fsp3) is 0.294. The van der Waals surface area contributed by atoms with Crippen LogP contribution in [0.4, 0.5) is 5.13 Å². The molecule has 2 aromatic heterocycles. The number of rotatable bonds is 4. The van der Waals surface area contributed by atoms with Gasteiger partial charge in [0.2, 0.25) is 0 Å². The van der Waals surface area contributed by atoms with E-state index >= 15 is 0 Å². The first-order chi connectivity index (χ1) is 11.4. The summed E-state index contributed by atoms with van der Waals surface area (Å²) in [6, 6.07) is 10.6. The van der Waals surface area contributed by atoms with E-state index in [2.05, 4.69) is 44.1 Å². The van der Waals surface area contributed by atoms with Crippen LogP contribution < -0.4 is 4.90 Å². The van der Waals surface area contributed by atoms with Crippen molar-refractivity contribution >= 4 is 16.5 Å². The average Bonchev–Trinajstić information content (AvgIpc) is 3.30. The zero-order valence-corrected chi connectivity index (χ0v) is 13.7. The second-order valence-corrected chi connectivity index (χ2v) is 6.57. The Balaban J connectivity index is 1.34. The lowest BCUT2D eigenvalue weighted by Gasteiger charge is -2.34. The van der Waals surface area contributed by atoms with Gasteiger partial charge in [0.05, 0.1) is 5.69 Å². The Bertz CT molecular complexity index is 713. The highest BCUT2D eigenvalue weighted by Crippen LogP contribution is 2.19. The van der Waals surface area contributed by atoms with Crippen LogP contribution in [-0.4, -0.2) is 45.8 Å². The van der Waals surface area contributed by atoms with Gasteiger partial charge in [-0.15, -0.1) is 11.3 Å². The van der Waals surface area contributed by atoms with Gasteiger partial charge in [0, 0.05) is 56.7 Å². The van der Waals surface area contributed by atoms with Crippen molar-refractivity contribution in [1.29, 1.82) is 0 Å². The van der Waals surface area contributed by atoms with Gasteiger partial charge in [0.1, 0.15) is 0 Å². The van der Waals surface area contributed by atoms with Crippen molar-refractivity contribution in [1.82, 2.24) is 19.7 Å². The lowest BCUT2D eigenvalue weighted by atomic mass is 10.2. The first-order valence-electron chi connectivity index (χ1n) is 7.84. The molecule has 0 aliphatic carbocycles. The maximum atomic E-state index is 4.40. The SMILES string of the molecule is c1cnn(-c2ccc(CN3CCN(c4nccs4)CC3)cc2)c1. The van der Waals surface area contributed by atoms with Crippen molar-refractivity contribution in [3.63, 3.8) is 0 Å². The van der Waals surface area contributed by atoms with Crippen molar-refractivity contribution in [3.05, 3.63) is 59.9 Å². The first kappa shape index (κ1) is 14.4. The van der Waals surface area contributed by atoms with Crippen LogP contribution in [0.5, 0.6) is 0 Å². The third-order valence-corrected chi connectivity index (χ3v) is 5.01. The second-order valence-electron chi connectivity index (χ2n) is 5.69. The fourth-order valence-corrected chi connectivity index (χ4v) is 3.60. The Labute approximate surface area is 139 Å². The van der Waals surface area contributed by atoms with E-state index in [0.717, 1.165) is 43.5 Å². The van der Waals surface area contributed by atoms with Gasteiger partial charge in [-0.1, -0.05) is 12.1 Å². The third-order valence-electron chi connectivity index (χ3n) is 4.17. The van der Waals surface area contributed by atoms with E-state index in [0.29, 0.717) is 0 Å². The molecule has 5 nitrogen and oxygen atoms in total. The normalized spacial score (nSPS) is 15.9. The number of anilines is 1. The second kappa shape index (κ2) is 6.52. The van der Waals surface area contributed by atoms with E-state index in [4.69, 9.17) is 0 Å². The summed E-state index contributed by atoms with van der Waals surface area (Å²) in [6.07, 6.45) is 5.65. The minimum atomic E-state index is 1.01. The largest absolute Gasteiger partial charge is 0.346 e. The van der Waals surface area contributed by atoms with Crippen molar-refractivity contribution in [2.24, 2.45) is 0 Å². The van der Waals surface area contributed by atoms with Gasteiger partial charge in [0.15, 0.2) is 5.13 Å². The van der Waals surface area contributed by atoms with Crippen LogP contribution in [0.3, 0.4) is 0 Å². The van der Waals surface area contributed by atoms with Crippen LogP contribution in [-0.2, 0) is 6.54 Å². The van der Waals surface area contributed by atoms with E-state index in [1.165, 1.54) is 5.56 Å². The Morgan fingerprint density at radius 3 is 2.48 bits per heavy atom. The summed E-state index contributed by atoms with van der Waals surface area (Å²) in [7, 11) is 0. The molecule has 0 spiro atoms. The van der Waals surface area contributed by atoms with Gasteiger partial charge in [0.25, 0.3) is 0 Å². The molecule has 6 heteroatoms. The molecule has 0 amide bonds. The molecular weight excluding hydrogens is 306 g/mol. The number of benzene rings is 1. The molecule has 0 saturated carbocycles.